The number of nitrogens with zero attached hydrogens (tertiary/aromatic N) is 1. The van der Waals surface area contributed by atoms with Crippen LogP contribution in [0.1, 0.15) is 36.1 Å². The highest BCUT2D eigenvalue weighted by atomic mass is 16.5. The Morgan fingerprint density at radius 3 is 2.64 bits per heavy atom. The first-order valence-electron chi connectivity index (χ1n) is 4.81. The lowest BCUT2D eigenvalue weighted by Gasteiger charge is -2.14. The third-order valence-corrected chi connectivity index (χ3v) is 2.34. The molecule has 2 nitrogen and oxygen atoms in total. The fourth-order valence-electron chi connectivity index (χ4n) is 1.62. The zero-order valence-electron chi connectivity index (χ0n) is 8.87. The lowest BCUT2D eigenvalue weighted by molar-refractivity contribution is 0.159. The van der Waals surface area contributed by atoms with E-state index < -0.39 is 0 Å². The molecule has 0 amide bonds. The molecule has 0 radical (unpaired) electrons. The second kappa shape index (κ2) is 4.66. The van der Waals surface area contributed by atoms with Crippen LogP contribution in [-0.4, -0.2) is 0 Å². The van der Waals surface area contributed by atoms with Gasteiger partial charge in [0, 0.05) is 0 Å². The van der Waals surface area contributed by atoms with E-state index in [2.05, 4.69) is 13.0 Å². The molecule has 14 heavy (non-hydrogen) atoms. The van der Waals surface area contributed by atoms with Crippen molar-refractivity contribution in [2.75, 3.05) is 0 Å². The maximum atomic E-state index is 8.50. The van der Waals surface area contributed by atoms with Crippen LogP contribution in [0.3, 0.4) is 0 Å². The maximum absolute atomic E-state index is 8.50. The molecule has 0 aromatic heterocycles. The van der Waals surface area contributed by atoms with Gasteiger partial charge in [-0.3, -0.25) is 0 Å². The van der Waals surface area contributed by atoms with Crippen molar-refractivity contribution in [1.82, 2.24) is 0 Å². The highest BCUT2D eigenvalue weighted by Crippen LogP contribution is 2.24. The number of aryl methyl sites for hydroxylation is 2. The van der Waals surface area contributed by atoms with E-state index in [1.807, 2.05) is 26.0 Å². The van der Waals surface area contributed by atoms with Crippen LogP contribution < -0.4 is 0 Å². The summed E-state index contributed by atoms with van der Waals surface area (Å²) in [6.45, 7) is 6.12. The fourth-order valence-corrected chi connectivity index (χ4v) is 1.62. The van der Waals surface area contributed by atoms with Crippen molar-refractivity contribution >= 4 is 0 Å². The molecule has 0 aliphatic carbocycles. The fraction of sp³-hybridized carbons (Fsp3) is 0.417. The van der Waals surface area contributed by atoms with Gasteiger partial charge < -0.3 is 4.74 Å². The van der Waals surface area contributed by atoms with Gasteiger partial charge in [-0.25, -0.2) is 0 Å². The highest BCUT2D eigenvalue weighted by molar-refractivity contribution is 5.32. The molecule has 0 unspecified atom stereocenters. The average Bonchev–Trinajstić information content (AvgIpc) is 2.15. The van der Waals surface area contributed by atoms with Gasteiger partial charge in [-0.05, 0) is 31.4 Å². The Morgan fingerprint density at radius 2 is 2.14 bits per heavy atom. The Bertz CT molecular complexity index is 352. The molecular formula is C12H15NO. The summed E-state index contributed by atoms with van der Waals surface area (Å²) < 4.78 is 5.00. The molecule has 1 rings (SSSR count). The lowest BCUT2D eigenvalue weighted by Crippen LogP contribution is -2.01. The van der Waals surface area contributed by atoms with Gasteiger partial charge >= 0.3 is 0 Å². The second-order valence-corrected chi connectivity index (χ2v) is 3.47. The largest absolute Gasteiger partial charge is 0.419 e. The number of rotatable bonds is 3. The van der Waals surface area contributed by atoms with E-state index in [4.69, 9.17) is 10.00 Å². The van der Waals surface area contributed by atoms with Gasteiger partial charge in [0.05, 0.1) is 0 Å². The minimum Gasteiger partial charge on any atom is -0.419 e. The quantitative estimate of drug-likeness (QED) is 0.684. The van der Waals surface area contributed by atoms with Crippen molar-refractivity contribution in [3.63, 3.8) is 0 Å². The lowest BCUT2D eigenvalue weighted by atomic mass is 10.00. The number of benzene rings is 1. The first kappa shape index (κ1) is 10.6. The predicted molar refractivity (Wildman–Crippen MR) is 55.6 cm³/mol. The van der Waals surface area contributed by atoms with Gasteiger partial charge in [-0.1, -0.05) is 30.7 Å². The standard InChI is InChI=1S/C12H15NO/c1-4-12(14-8-13)11-6-5-9(2)7-10(11)3/h5-7,12H,4H2,1-3H3/t12-/m1/s1. The Kier molecular flexibility index (Phi) is 3.53. The van der Waals surface area contributed by atoms with Gasteiger partial charge in [0.1, 0.15) is 6.10 Å². The summed E-state index contributed by atoms with van der Waals surface area (Å²) in [7, 11) is 0. The van der Waals surface area contributed by atoms with E-state index in [-0.39, 0.29) is 6.10 Å². The normalized spacial score (nSPS) is 11.9. The zero-order chi connectivity index (χ0) is 10.6. The molecule has 0 aliphatic heterocycles. The van der Waals surface area contributed by atoms with E-state index in [9.17, 15) is 0 Å². The summed E-state index contributed by atoms with van der Waals surface area (Å²) in [4.78, 5) is 0. The van der Waals surface area contributed by atoms with Crippen molar-refractivity contribution in [3.8, 4) is 6.26 Å². The molecule has 0 saturated heterocycles. The van der Waals surface area contributed by atoms with Crippen LogP contribution in [0.15, 0.2) is 18.2 Å². The summed E-state index contributed by atoms with van der Waals surface area (Å²) >= 11 is 0. The Balaban J connectivity index is 2.99. The van der Waals surface area contributed by atoms with Crippen molar-refractivity contribution in [3.05, 3.63) is 34.9 Å². The minimum atomic E-state index is -0.0967. The van der Waals surface area contributed by atoms with Crippen LogP contribution in [0.25, 0.3) is 0 Å². The van der Waals surface area contributed by atoms with Gasteiger partial charge in [-0.15, -0.1) is 0 Å². The van der Waals surface area contributed by atoms with Crippen molar-refractivity contribution in [1.29, 1.82) is 5.26 Å². The Hall–Kier alpha value is -1.49. The van der Waals surface area contributed by atoms with Crippen LogP contribution >= 0.6 is 0 Å². The molecule has 74 valence electrons. The highest BCUT2D eigenvalue weighted by Gasteiger charge is 2.12. The van der Waals surface area contributed by atoms with Crippen LogP contribution in [-0.2, 0) is 4.74 Å². The van der Waals surface area contributed by atoms with E-state index in [1.54, 1.807) is 6.26 Å². The first-order valence-corrected chi connectivity index (χ1v) is 4.81. The monoisotopic (exact) mass is 189 g/mol. The van der Waals surface area contributed by atoms with Gasteiger partial charge in [0.2, 0.25) is 0 Å². The number of ether oxygens (including phenoxy) is 1. The van der Waals surface area contributed by atoms with Crippen LogP contribution in [0.2, 0.25) is 0 Å². The smallest absolute Gasteiger partial charge is 0.286 e. The molecule has 1 atom stereocenters. The van der Waals surface area contributed by atoms with E-state index in [1.165, 1.54) is 11.1 Å². The number of hydrogen-bond donors (Lipinski definition) is 0. The first-order chi connectivity index (χ1) is 6.69. The topological polar surface area (TPSA) is 33.0 Å². The molecule has 0 fully saturated rings. The number of hydrogen-bond acceptors (Lipinski definition) is 2. The summed E-state index contributed by atoms with van der Waals surface area (Å²) in [6.07, 6.45) is 2.48. The van der Waals surface area contributed by atoms with Gasteiger partial charge in [0.15, 0.2) is 0 Å². The Morgan fingerprint density at radius 1 is 1.43 bits per heavy atom. The zero-order valence-corrected chi connectivity index (χ0v) is 8.87. The molecule has 2 heteroatoms. The molecule has 0 N–H and O–H groups in total. The number of nitriles is 1. The van der Waals surface area contributed by atoms with Crippen LogP contribution in [0.4, 0.5) is 0 Å². The van der Waals surface area contributed by atoms with Gasteiger partial charge in [0.25, 0.3) is 6.26 Å². The minimum absolute atomic E-state index is 0.0967. The molecule has 0 bridgehead atoms. The van der Waals surface area contributed by atoms with Crippen molar-refractivity contribution < 1.29 is 4.74 Å². The maximum Gasteiger partial charge on any atom is 0.286 e. The predicted octanol–water partition coefficient (Wildman–Crippen LogP) is 3.25. The molecule has 0 spiro atoms. The molecule has 0 saturated carbocycles. The van der Waals surface area contributed by atoms with Crippen LogP contribution in [0, 0.1) is 25.4 Å². The molecule has 1 aromatic carbocycles. The molecule has 1 aromatic rings. The second-order valence-electron chi connectivity index (χ2n) is 3.47. The Labute approximate surface area is 85.1 Å². The third-order valence-electron chi connectivity index (χ3n) is 2.34. The van der Waals surface area contributed by atoms with E-state index in [0.29, 0.717) is 0 Å². The summed E-state index contributed by atoms with van der Waals surface area (Å²) in [6, 6.07) is 6.20. The van der Waals surface area contributed by atoms with Gasteiger partial charge in [-0.2, -0.15) is 5.26 Å². The molecule has 0 heterocycles. The SMILES string of the molecule is CC[C@@H](OC#N)c1ccc(C)cc1C. The van der Waals surface area contributed by atoms with E-state index in [0.717, 1.165) is 12.0 Å². The van der Waals surface area contributed by atoms with E-state index >= 15 is 0 Å². The average molecular weight is 189 g/mol. The summed E-state index contributed by atoms with van der Waals surface area (Å²) in [5, 5.41) is 8.50. The molecule has 0 aliphatic rings. The summed E-state index contributed by atoms with van der Waals surface area (Å²) in [5.41, 5.74) is 3.53. The third kappa shape index (κ3) is 2.26. The summed E-state index contributed by atoms with van der Waals surface area (Å²) in [5.74, 6) is 0. The van der Waals surface area contributed by atoms with Crippen molar-refractivity contribution in [2.45, 2.75) is 33.3 Å². The van der Waals surface area contributed by atoms with Crippen LogP contribution in [0.5, 0.6) is 0 Å². The van der Waals surface area contributed by atoms with Crippen molar-refractivity contribution in [2.24, 2.45) is 0 Å². The molecular weight excluding hydrogens is 174 g/mol.